The minimum Gasteiger partial charge on any atom is -0.464 e. The number of aryl methyl sites for hydroxylation is 1. The van der Waals surface area contributed by atoms with Gasteiger partial charge in [0.2, 0.25) is 11.8 Å². The van der Waals surface area contributed by atoms with Crippen molar-refractivity contribution in [3.63, 3.8) is 0 Å². The molecule has 1 heterocycles. The van der Waals surface area contributed by atoms with E-state index in [0.29, 0.717) is 19.5 Å². The largest absolute Gasteiger partial charge is 0.464 e. The van der Waals surface area contributed by atoms with Gasteiger partial charge in [-0.2, -0.15) is 0 Å². The van der Waals surface area contributed by atoms with Crippen molar-refractivity contribution in [3.05, 3.63) is 59.5 Å². The zero-order valence-electron chi connectivity index (χ0n) is 17.5. The van der Waals surface area contributed by atoms with Gasteiger partial charge in [0.15, 0.2) is 0 Å². The molecule has 1 unspecified atom stereocenters. The van der Waals surface area contributed by atoms with Gasteiger partial charge < -0.3 is 14.2 Å². The van der Waals surface area contributed by atoms with E-state index < -0.39 is 0 Å². The van der Waals surface area contributed by atoms with E-state index >= 15 is 0 Å². The van der Waals surface area contributed by atoms with E-state index in [1.54, 1.807) is 9.80 Å². The first-order chi connectivity index (χ1) is 13.4. The molecule has 5 heteroatoms. The van der Waals surface area contributed by atoms with E-state index in [-0.39, 0.29) is 24.4 Å². The Kier molecular flexibility index (Phi) is 8.30. The summed E-state index contributed by atoms with van der Waals surface area (Å²) in [5, 5.41) is 0. The normalized spacial score (nSPS) is 11.9. The lowest BCUT2D eigenvalue weighted by molar-refractivity contribution is -0.142. The lowest BCUT2D eigenvalue weighted by Crippen LogP contribution is -2.46. The second-order valence-electron chi connectivity index (χ2n) is 7.20. The Morgan fingerprint density at radius 1 is 1.04 bits per heavy atom. The Hall–Kier alpha value is -2.56. The van der Waals surface area contributed by atoms with Crippen molar-refractivity contribution < 1.29 is 14.0 Å². The van der Waals surface area contributed by atoms with E-state index in [9.17, 15) is 9.59 Å². The summed E-state index contributed by atoms with van der Waals surface area (Å²) in [5.41, 5.74) is 1.18. The molecule has 0 bridgehead atoms. The second kappa shape index (κ2) is 10.7. The maximum absolute atomic E-state index is 13.1. The molecule has 0 aliphatic carbocycles. The maximum Gasteiger partial charge on any atom is 0.242 e. The highest BCUT2D eigenvalue weighted by Gasteiger charge is 2.24. The number of hydrogen-bond donors (Lipinski definition) is 0. The molecular formula is C23H32N2O3. The van der Waals surface area contributed by atoms with Crippen molar-refractivity contribution in [1.29, 1.82) is 0 Å². The van der Waals surface area contributed by atoms with Crippen LogP contribution in [0.1, 0.15) is 50.7 Å². The summed E-state index contributed by atoms with van der Waals surface area (Å²) in [6, 6.07) is 14.0. The van der Waals surface area contributed by atoms with Crippen molar-refractivity contribution in [3.8, 4) is 0 Å². The zero-order valence-corrected chi connectivity index (χ0v) is 17.5. The fourth-order valence-electron chi connectivity index (χ4n) is 3.12. The molecule has 1 aromatic carbocycles. The van der Waals surface area contributed by atoms with Crippen LogP contribution in [0, 0.1) is 6.92 Å². The molecular weight excluding hydrogens is 352 g/mol. The van der Waals surface area contributed by atoms with E-state index in [1.165, 1.54) is 5.56 Å². The summed E-state index contributed by atoms with van der Waals surface area (Å²) in [6.07, 6.45) is 1.98. The quantitative estimate of drug-likeness (QED) is 0.617. The van der Waals surface area contributed by atoms with Crippen molar-refractivity contribution in [1.82, 2.24) is 9.80 Å². The third kappa shape index (κ3) is 6.25. The lowest BCUT2D eigenvalue weighted by Gasteiger charge is -2.31. The van der Waals surface area contributed by atoms with E-state index in [4.69, 9.17) is 4.42 Å². The van der Waals surface area contributed by atoms with E-state index in [0.717, 1.165) is 24.4 Å². The first-order valence-electron chi connectivity index (χ1n) is 10.1. The number of rotatable bonds is 10. The van der Waals surface area contributed by atoms with Crippen LogP contribution in [-0.4, -0.2) is 40.7 Å². The van der Waals surface area contributed by atoms with Crippen LogP contribution in [0.3, 0.4) is 0 Å². The number of benzene rings is 1. The average Bonchev–Trinajstić information content (AvgIpc) is 3.13. The number of carbonyl (C=O) groups is 2. The zero-order chi connectivity index (χ0) is 20.5. The molecule has 0 fully saturated rings. The first-order valence-corrected chi connectivity index (χ1v) is 10.1. The van der Waals surface area contributed by atoms with Gasteiger partial charge in [-0.05, 0) is 44.4 Å². The molecule has 0 N–H and O–H groups in total. The van der Waals surface area contributed by atoms with Crippen LogP contribution >= 0.6 is 0 Å². The van der Waals surface area contributed by atoms with Gasteiger partial charge in [0.1, 0.15) is 18.1 Å². The van der Waals surface area contributed by atoms with Gasteiger partial charge >= 0.3 is 0 Å². The van der Waals surface area contributed by atoms with E-state index in [2.05, 4.69) is 12.1 Å². The monoisotopic (exact) mass is 384 g/mol. The number of amides is 2. The number of furan rings is 1. The molecule has 28 heavy (non-hydrogen) atoms. The number of hydrogen-bond acceptors (Lipinski definition) is 3. The Balaban J connectivity index is 2.13. The summed E-state index contributed by atoms with van der Waals surface area (Å²) in [7, 11) is 0. The van der Waals surface area contributed by atoms with Gasteiger partial charge in [-0.1, -0.05) is 44.2 Å². The van der Waals surface area contributed by atoms with Crippen molar-refractivity contribution >= 4 is 11.8 Å². The number of nitrogens with zero attached hydrogens (tertiary/aromatic N) is 2. The molecule has 152 valence electrons. The fraction of sp³-hybridized carbons (Fsp3) is 0.478. The predicted octanol–water partition coefficient (Wildman–Crippen LogP) is 4.20. The smallest absolute Gasteiger partial charge is 0.242 e. The van der Waals surface area contributed by atoms with Crippen LogP contribution in [0.25, 0.3) is 0 Å². The van der Waals surface area contributed by atoms with Crippen molar-refractivity contribution in [2.24, 2.45) is 0 Å². The van der Waals surface area contributed by atoms with Gasteiger partial charge in [-0.25, -0.2) is 0 Å². The molecule has 2 aromatic rings. The maximum atomic E-state index is 13.1. The molecule has 5 nitrogen and oxygen atoms in total. The molecule has 0 spiro atoms. The third-order valence-corrected chi connectivity index (χ3v) is 5.06. The Bertz CT molecular complexity index is 754. The average molecular weight is 385 g/mol. The minimum atomic E-state index is -0.0490. The molecule has 0 saturated carbocycles. The number of carbonyl (C=O) groups excluding carboxylic acids is 2. The van der Waals surface area contributed by atoms with Crippen LogP contribution in [0.15, 0.2) is 46.9 Å². The first kappa shape index (κ1) is 21.7. The summed E-state index contributed by atoms with van der Waals surface area (Å²) in [5.74, 6) is 1.55. The second-order valence-corrected chi connectivity index (χ2v) is 7.20. The molecule has 1 atom stereocenters. The van der Waals surface area contributed by atoms with Gasteiger partial charge in [-0.15, -0.1) is 0 Å². The lowest BCUT2D eigenvalue weighted by atomic mass is 10.1. The standard InChI is InChI=1S/C23H32N2O3/c1-5-18(3)25(22(26)6-2)17-23(27)24(16-21-13-12-19(4)28-21)15-14-20-10-8-7-9-11-20/h7-13,18H,5-6,14-17H2,1-4H3. The minimum absolute atomic E-state index is 0.0135. The third-order valence-electron chi connectivity index (χ3n) is 5.06. The fourth-order valence-corrected chi connectivity index (χ4v) is 3.12. The van der Waals surface area contributed by atoms with Crippen LogP contribution in [0.4, 0.5) is 0 Å². The van der Waals surface area contributed by atoms with Gasteiger partial charge in [0.05, 0.1) is 6.54 Å². The molecule has 0 aliphatic rings. The van der Waals surface area contributed by atoms with Crippen LogP contribution in [-0.2, 0) is 22.6 Å². The topological polar surface area (TPSA) is 53.8 Å². The van der Waals surface area contributed by atoms with Gasteiger partial charge in [-0.3, -0.25) is 9.59 Å². The Morgan fingerprint density at radius 3 is 2.32 bits per heavy atom. The SMILES string of the molecule is CCC(=O)N(CC(=O)N(CCc1ccccc1)Cc1ccc(C)o1)C(C)CC. The summed E-state index contributed by atoms with van der Waals surface area (Å²) >= 11 is 0. The highest BCUT2D eigenvalue weighted by atomic mass is 16.3. The highest BCUT2D eigenvalue weighted by Crippen LogP contribution is 2.13. The molecule has 0 aliphatic heterocycles. The van der Waals surface area contributed by atoms with Crippen LogP contribution < -0.4 is 0 Å². The van der Waals surface area contributed by atoms with Gasteiger partial charge in [0.25, 0.3) is 0 Å². The summed E-state index contributed by atoms with van der Waals surface area (Å²) in [4.78, 5) is 29.0. The van der Waals surface area contributed by atoms with Gasteiger partial charge in [0, 0.05) is 19.0 Å². The van der Waals surface area contributed by atoms with Crippen molar-refractivity contribution in [2.45, 2.75) is 59.5 Å². The van der Waals surface area contributed by atoms with Crippen molar-refractivity contribution in [2.75, 3.05) is 13.1 Å². The molecule has 2 rings (SSSR count). The van der Waals surface area contributed by atoms with E-state index in [1.807, 2.05) is 58.0 Å². The Labute approximate surface area is 168 Å². The molecule has 0 saturated heterocycles. The predicted molar refractivity (Wildman–Crippen MR) is 111 cm³/mol. The molecule has 1 aromatic heterocycles. The summed E-state index contributed by atoms with van der Waals surface area (Å²) in [6.45, 7) is 8.85. The van der Waals surface area contributed by atoms with Crippen LogP contribution in [0.5, 0.6) is 0 Å². The van der Waals surface area contributed by atoms with Crippen LogP contribution in [0.2, 0.25) is 0 Å². The summed E-state index contributed by atoms with van der Waals surface area (Å²) < 4.78 is 5.68. The Morgan fingerprint density at radius 2 is 1.75 bits per heavy atom. The highest BCUT2D eigenvalue weighted by molar-refractivity contribution is 5.85. The molecule has 2 amide bonds. The molecule has 0 radical (unpaired) electrons.